The van der Waals surface area contributed by atoms with Gasteiger partial charge in [-0.2, -0.15) is 0 Å². The van der Waals surface area contributed by atoms with Crippen molar-refractivity contribution in [1.82, 2.24) is 5.32 Å². The average molecular weight is 473 g/mol. The number of amides is 1. The highest BCUT2D eigenvalue weighted by atomic mass is 35.5. The highest BCUT2D eigenvalue weighted by molar-refractivity contribution is 7.99. The van der Waals surface area contributed by atoms with Crippen molar-refractivity contribution in [2.45, 2.75) is 0 Å². The zero-order chi connectivity index (χ0) is 23.1. The molecule has 164 valence electrons. The molecule has 0 fully saturated rings. The molecule has 0 saturated carbocycles. The first-order valence-electron chi connectivity index (χ1n) is 10.5. The number of nitrogens with one attached hydrogen (secondary N) is 1. The summed E-state index contributed by atoms with van der Waals surface area (Å²) in [5.74, 6) is 0.469. The van der Waals surface area contributed by atoms with Gasteiger partial charge in [-0.15, -0.1) is 0 Å². The van der Waals surface area contributed by atoms with Crippen LogP contribution in [0.2, 0.25) is 0 Å². The molecule has 0 unspecified atom stereocenters. The van der Waals surface area contributed by atoms with Crippen LogP contribution in [0.4, 0.5) is 0 Å². The van der Waals surface area contributed by atoms with E-state index in [1.165, 1.54) is 5.54 Å². The van der Waals surface area contributed by atoms with E-state index in [9.17, 15) is 4.79 Å². The van der Waals surface area contributed by atoms with Crippen molar-refractivity contribution in [2.24, 2.45) is 0 Å². The van der Waals surface area contributed by atoms with Crippen LogP contribution < -0.4 is 26.0 Å². The summed E-state index contributed by atoms with van der Waals surface area (Å²) in [5, 5.41) is 6.46. The maximum Gasteiger partial charge on any atom is 0.258 e. The molecule has 0 aliphatic rings. The Hall–Kier alpha value is -3.39. The highest BCUT2D eigenvalue weighted by Gasteiger charge is 2.50. The van der Waals surface area contributed by atoms with E-state index in [-0.39, 0.29) is 5.91 Å². The molecule has 0 spiro atoms. The minimum absolute atomic E-state index is 0.225. The van der Waals surface area contributed by atoms with Crippen LogP contribution in [0.1, 0.15) is 10.4 Å². The Morgan fingerprint density at radius 3 is 1.52 bits per heavy atom. The maximum atomic E-state index is 13.3. The summed E-state index contributed by atoms with van der Waals surface area (Å²) >= 11 is 6.51. The van der Waals surface area contributed by atoms with Crippen LogP contribution in [0.5, 0.6) is 5.75 Å². The lowest BCUT2D eigenvalue weighted by Gasteiger charge is -2.29. The molecule has 0 radical (unpaired) electrons. The van der Waals surface area contributed by atoms with E-state index in [1.54, 1.807) is 31.4 Å². The van der Waals surface area contributed by atoms with Crippen molar-refractivity contribution >= 4 is 40.7 Å². The summed E-state index contributed by atoms with van der Waals surface area (Å²) < 4.78 is 5.22. The standard InChI is InChI=1S/C28H23ClNO2P/c1-32-23-19-17-22(18-20-23)28(31)30-27(21-29)33(24-11-5-2-6-12-24,25-13-7-3-8-14-25)26-15-9-4-10-16-26/h2-21H,1H3/p+1/b27-21+. The van der Waals surface area contributed by atoms with E-state index in [0.717, 1.165) is 15.9 Å². The number of hydrogen-bond donors (Lipinski definition) is 1. The quantitative estimate of drug-likeness (QED) is 0.363. The Bertz CT molecular complexity index is 1130. The van der Waals surface area contributed by atoms with E-state index >= 15 is 0 Å². The lowest BCUT2D eigenvalue weighted by atomic mass is 10.2. The van der Waals surface area contributed by atoms with Crippen molar-refractivity contribution in [3.63, 3.8) is 0 Å². The largest absolute Gasteiger partial charge is 0.497 e. The predicted octanol–water partition coefficient (Wildman–Crippen LogP) is 5.46. The van der Waals surface area contributed by atoms with Gasteiger partial charge in [0.2, 0.25) is 0 Å². The molecule has 4 aromatic carbocycles. The number of carbonyl (C=O) groups excluding carboxylic acids is 1. The highest BCUT2D eigenvalue weighted by Crippen LogP contribution is 2.61. The van der Waals surface area contributed by atoms with Gasteiger partial charge in [0.15, 0.2) is 12.7 Å². The SMILES string of the molecule is COc1ccc(C(=O)N/C(=C\Cl)[P+](c2ccccc2)(c2ccccc2)c2ccccc2)cc1. The van der Waals surface area contributed by atoms with Crippen LogP contribution in [0.3, 0.4) is 0 Å². The third kappa shape index (κ3) is 4.57. The van der Waals surface area contributed by atoms with Gasteiger partial charge < -0.3 is 4.74 Å². The van der Waals surface area contributed by atoms with Crippen LogP contribution >= 0.6 is 18.9 Å². The van der Waals surface area contributed by atoms with Crippen molar-refractivity contribution in [1.29, 1.82) is 0 Å². The van der Waals surface area contributed by atoms with Gasteiger partial charge in [-0.1, -0.05) is 66.2 Å². The second-order valence-corrected chi connectivity index (χ2v) is 10.9. The van der Waals surface area contributed by atoms with E-state index in [4.69, 9.17) is 16.3 Å². The first-order chi connectivity index (χ1) is 16.2. The van der Waals surface area contributed by atoms with Gasteiger partial charge in [0.05, 0.1) is 12.6 Å². The Balaban J connectivity index is 1.90. The minimum Gasteiger partial charge on any atom is -0.497 e. The van der Waals surface area contributed by atoms with Gasteiger partial charge >= 0.3 is 0 Å². The lowest BCUT2D eigenvalue weighted by molar-refractivity contribution is 0.0968. The molecular weight excluding hydrogens is 449 g/mol. The molecule has 5 heteroatoms. The zero-order valence-corrected chi connectivity index (χ0v) is 19.8. The summed E-state index contributed by atoms with van der Waals surface area (Å²) in [6.45, 7) is 0. The lowest BCUT2D eigenvalue weighted by Crippen LogP contribution is -2.38. The normalized spacial score (nSPS) is 11.6. The van der Waals surface area contributed by atoms with Gasteiger partial charge in [-0.25, -0.2) is 0 Å². The first-order valence-corrected chi connectivity index (χ1v) is 12.7. The molecule has 0 aliphatic carbocycles. The number of methoxy groups -OCH3 is 1. The Morgan fingerprint density at radius 2 is 1.15 bits per heavy atom. The number of ether oxygens (including phenoxy) is 1. The summed E-state index contributed by atoms with van der Waals surface area (Å²) in [7, 11) is -0.881. The fraction of sp³-hybridized carbons (Fsp3) is 0.0357. The van der Waals surface area contributed by atoms with Gasteiger partial charge in [0, 0.05) is 5.56 Å². The summed E-state index contributed by atoms with van der Waals surface area (Å²) in [6, 6.07) is 37.8. The minimum atomic E-state index is -2.48. The molecular formula is C28H24ClNO2P+. The number of hydrogen-bond acceptors (Lipinski definition) is 2. The molecule has 0 aromatic heterocycles. The smallest absolute Gasteiger partial charge is 0.258 e. The van der Waals surface area contributed by atoms with Crippen molar-refractivity contribution in [3.05, 3.63) is 132 Å². The summed E-state index contributed by atoms with van der Waals surface area (Å²) in [6.07, 6.45) is 0. The third-order valence-electron chi connectivity index (χ3n) is 5.49. The van der Waals surface area contributed by atoms with E-state index in [2.05, 4.69) is 41.7 Å². The van der Waals surface area contributed by atoms with Crippen LogP contribution in [0, 0.1) is 0 Å². The maximum absolute atomic E-state index is 13.3. The van der Waals surface area contributed by atoms with Crippen LogP contribution in [-0.4, -0.2) is 13.0 Å². The Kier molecular flexibility index (Phi) is 7.24. The number of benzene rings is 4. The topological polar surface area (TPSA) is 38.3 Å². The van der Waals surface area contributed by atoms with E-state index in [1.807, 2.05) is 54.6 Å². The van der Waals surface area contributed by atoms with Gasteiger partial charge in [0.1, 0.15) is 21.7 Å². The predicted molar refractivity (Wildman–Crippen MR) is 140 cm³/mol. The van der Waals surface area contributed by atoms with Crippen LogP contribution in [0.15, 0.2) is 126 Å². The zero-order valence-electron chi connectivity index (χ0n) is 18.2. The number of halogens is 1. The summed E-state index contributed by atoms with van der Waals surface area (Å²) in [5.41, 5.74) is 2.72. The molecule has 4 rings (SSSR count). The van der Waals surface area contributed by atoms with E-state index < -0.39 is 7.26 Å². The van der Waals surface area contributed by atoms with Gasteiger partial charge in [-0.3, -0.25) is 10.1 Å². The second kappa shape index (κ2) is 10.5. The Morgan fingerprint density at radius 1 is 0.727 bits per heavy atom. The van der Waals surface area contributed by atoms with Gasteiger partial charge in [0.25, 0.3) is 5.91 Å². The molecule has 0 aliphatic heterocycles. The van der Waals surface area contributed by atoms with Gasteiger partial charge in [-0.05, 0) is 60.7 Å². The molecule has 1 amide bonds. The number of rotatable bonds is 7. The second-order valence-electron chi connectivity index (χ2n) is 7.35. The molecule has 0 heterocycles. The van der Waals surface area contributed by atoms with Crippen LogP contribution in [-0.2, 0) is 0 Å². The fourth-order valence-corrected chi connectivity index (χ4v) is 8.43. The van der Waals surface area contributed by atoms with Crippen molar-refractivity contribution in [3.8, 4) is 5.75 Å². The molecule has 4 aromatic rings. The average Bonchev–Trinajstić information content (AvgIpc) is 2.90. The third-order valence-corrected chi connectivity index (χ3v) is 10.0. The molecule has 0 bridgehead atoms. The molecule has 3 nitrogen and oxygen atoms in total. The van der Waals surface area contributed by atoms with Crippen molar-refractivity contribution < 1.29 is 9.53 Å². The monoisotopic (exact) mass is 472 g/mol. The molecule has 33 heavy (non-hydrogen) atoms. The van der Waals surface area contributed by atoms with Crippen molar-refractivity contribution in [2.75, 3.05) is 7.11 Å². The van der Waals surface area contributed by atoms with E-state index in [0.29, 0.717) is 16.8 Å². The first kappa shape index (κ1) is 22.8. The summed E-state index contributed by atoms with van der Waals surface area (Å²) in [4.78, 5) is 13.3. The number of carbonyl (C=O) groups is 1. The molecule has 0 atom stereocenters. The molecule has 1 N–H and O–H groups in total. The van der Waals surface area contributed by atoms with Crippen LogP contribution in [0.25, 0.3) is 0 Å². The Labute approximate surface area is 200 Å². The molecule has 0 saturated heterocycles. The fourth-order valence-electron chi connectivity index (χ4n) is 3.93.